The Morgan fingerprint density at radius 2 is 1.91 bits per heavy atom. The van der Waals surface area contributed by atoms with Gasteiger partial charge in [-0.05, 0) is 37.1 Å². The Labute approximate surface area is 196 Å². The molecule has 3 aliphatic rings. The molecule has 6 rings (SSSR count). The second kappa shape index (κ2) is 8.69. The van der Waals surface area contributed by atoms with Crippen LogP contribution in [0.5, 0.6) is 11.5 Å². The van der Waals surface area contributed by atoms with Crippen LogP contribution in [-0.2, 0) is 0 Å². The Kier molecular flexibility index (Phi) is 5.39. The van der Waals surface area contributed by atoms with E-state index in [4.69, 9.17) is 19.6 Å². The summed E-state index contributed by atoms with van der Waals surface area (Å²) in [6.07, 6.45) is 5.42. The molecule has 0 unspecified atom stereocenters. The number of hydrogen-bond acceptors (Lipinski definition) is 8. The first-order valence-electron chi connectivity index (χ1n) is 11.6. The number of β-amino-alcohol motifs (C(OH)–C–C–N with tert-alkyl or cyclic N) is 1. The zero-order chi connectivity index (χ0) is 23.1. The van der Waals surface area contributed by atoms with Crippen LogP contribution in [0.4, 0.5) is 0 Å². The smallest absolute Gasteiger partial charge is 0.257 e. The predicted molar refractivity (Wildman–Crippen MR) is 122 cm³/mol. The van der Waals surface area contributed by atoms with E-state index in [2.05, 4.69) is 15.0 Å². The Bertz CT molecular complexity index is 1220. The highest BCUT2D eigenvalue weighted by Crippen LogP contribution is 2.42. The van der Waals surface area contributed by atoms with E-state index in [-0.39, 0.29) is 25.2 Å². The molecule has 1 aliphatic carbocycles. The van der Waals surface area contributed by atoms with Crippen molar-refractivity contribution in [3.05, 3.63) is 47.9 Å². The number of amides is 1. The monoisotopic (exact) mass is 462 g/mol. The highest BCUT2D eigenvalue weighted by Gasteiger charge is 2.35. The minimum absolute atomic E-state index is 0.00345. The molecule has 0 radical (unpaired) electrons. The molecule has 34 heavy (non-hydrogen) atoms. The third kappa shape index (κ3) is 3.88. The Balaban J connectivity index is 1.29. The van der Waals surface area contributed by atoms with Crippen molar-refractivity contribution in [2.45, 2.75) is 18.8 Å². The van der Waals surface area contributed by atoms with Crippen LogP contribution in [0.25, 0.3) is 17.2 Å². The molecule has 2 aliphatic heterocycles. The van der Waals surface area contributed by atoms with Crippen LogP contribution in [0, 0.1) is 0 Å². The van der Waals surface area contributed by atoms with E-state index < -0.39 is 0 Å². The summed E-state index contributed by atoms with van der Waals surface area (Å²) in [6.45, 7) is 3.82. The van der Waals surface area contributed by atoms with Crippen LogP contribution in [0.15, 0.2) is 36.7 Å². The molecule has 3 aromatic rings. The molecule has 0 bridgehead atoms. The van der Waals surface area contributed by atoms with Gasteiger partial charge in [0.25, 0.3) is 11.9 Å². The number of aromatic nitrogens is 4. The predicted octanol–water partition coefficient (Wildman–Crippen LogP) is 1.69. The highest BCUT2D eigenvalue weighted by atomic mass is 16.7. The van der Waals surface area contributed by atoms with Crippen LogP contribution < -0.4 is 9.47 Å². The average molecular weight is 463 g/mol. The molecule has 1 N–H and O–H groups in total. The number of aliphatic hydroxyl groups is 1. The number of piperazine rings is 1. The molecule has 1 aromatic carbocycles. The van der Waals surface area contributed by atoms with E-state index in [1.54, 1.807) is 17.1 Å². The fourth-order valence-electron chi connectivity index (χ4n) is 4.59. The lowest BCUT2D eigenvalue weighted by atomic mass is 10.1. The van der Waals surface area contributed by atoms with Gasteiger partial charge in [0.2, 0.25) is 6.79 Å². The van der Waals surface area contributed by atoms with Crippen LogP contribution in [0.3, 0.4) is 0 Å². The quantitative estimate of drug-likeness (QED) is 0.590. The van der Waals surface area contributed by atoms with Crippen LogP contribution in [0.2, 0.25) is 0 Å². The SMILES string of the molecule is O=C(c1cnn(-c2nccc(-c3ccc4c(c3)OCO4)n2)c1C1CC1)N1CCN(CCO)CC1. The summed E-state index contributed by atoms with van der Waals surface area (Å²) in [6, 6.07) is 7.57. The summed E-state index contributed by atoms with van der Waals surface area (Å²) >= 11 is 0. The number of rotatable bonds is 6. The van der Waals surface area contributed by atoms with Crippen molar-refractivity contribution in [1.82, 2.24) is 29.5 Å². The molecule has 1 saturated heterocycles. The van der Waals surface area contributed by atoms with Gasteiger partial charge in [0.1, 0.15) is 0 Å². The fraction of sp³-hybridized carbons (Fsp3) is 0.417. The molecule has 0 spiro atoms. The number of carbonyl (C=O) groups excluding carboxylic acids is 1. The Morgan fingerprint density at radius 1 is 1.09 bits per heavy atom. The highest BCUT2D eigenvalue weighted by molar-refractivity contribution is 5.95. The van der Waals surface area contributed by atoms with Gasteiger partial charge in [0, 0.05) is 50.4 Å². The number of benzene rings is 1. The van der Waals surface area contributed by atoms with Gasteiger partial charge in [-0.25, -0.2) is 14.6 Å². The third-order valence-corrected chi connectivity index (χ3v) is 6.58. The van der Waals surface area contributed by atoms with E-state index >= 15 is 0 Å². The van der Waals surface area contributed by atoms with E-state index in [0.717, 1.165) is 48.6 Å². The zero-order valence-electron chi connectivity index (χ0n) is 18.8. The van der Waals surface area contributed by atoms with Crippen molar-refractivity contribution in [3.8, 4) is 28.7 Å². The summed E-state index contributed by atoms with van der Waals surface area (Å²) in [5.41, 5.74) is 3.17. The molecular formula is C24H26N6O4. The maximum absolute atomic E-state index is 13.4. The number of hydrogen-bond donors (Lipinski definition) is 1. The number of ether oxygens (including phenoxy) is 2. The summed E-state index contributed by atoms with van der Waals surface area (Å²) in [4.78, 5) is 26.7. The van der Waals surface area contributed by atoms with Gasteiger partial charge in [-0.1, -0.05) is 0 Å². The second-order valence-electron chi connectivity index (χ2n) is 8.80. The lowest BCUT2D eigenvalue weighted by Crippen LogP contribution is -2.49. The minimum atomic E-state index is 0.00345. The molecule has 1 saturated carbocycles. The molecule has 176 valence electrons. The van der Waals surface area contributed by atoms with E-state index in [1.165, 1.54) is 0 Å². The van der Waals surface area contributed by atoms with Gasteiger partial charge in [0.15, 0.2) is 11.5 Å². The van der Waals surface area contributed by atoms with Crippen molar-refractivity contribution in [1.29, 1.82) is 0 Å². The number of fused-ring (bicyclic) bond motifs is 1. The van der Waals surface area contributed by atoms with Gasteiger partial charge in [0.05, 0.1) is 29.8 Å². The summed E-state index contributed by atoms with van der Waals surface area (Å²) < 4.78 is 12.6. The largest absolute Gasteiger partial charge is 0.454 e. The van der Waals surface area contributed by atoms with Crippen molar-refractivity contribution >= 4 is 5.91 Å². The zero-order valence-corrected chi connectivity index (χ0v) is 18.8. The van der Waals surface area contributed by atoms with Crippen LogP contribution in [-0.4, -0.2) is 86.7 Å². The van der Waals surface area contributed by atoms with E-state index in [1.807, 2.05) is 29.2 Å². The topological polar surface area (TPSA) is 106 Å². The third-order valence-electron chi connectivity index (χ3n) is 6.58. The van der Waals surface area contributed by atoms with E-state index in [9.17, 15) is 4.79 Å². The van der Waals surface area contributed by atoms with Crippen molar-refractivity contribution in [2.75, 3.05) is 46.1 Å². The van der Waals surface area contributed by atoms with Gasteiger partial charge in [-0.3, -0.25) is 9.69 Å². The fourth-order valence-corrected chi connectivity index (χ4v) is 4.59. The molecule has 4 heterocycles. The molecule has 10 nitrogen and oxygen atoms in total. The maximum Gasteiger partial charge on any atom is 0.257 e. The molecule has 2 aromatic heterocycles. The first-order chi connectivity index (χ1) is 16.7. The first-order valence-corrected chi connectivity index (χ1v) is 11.6. The average Bonchev–Trinajstić information content (AvgIpc) is 3.43. The normalized spacial score (nSPS) is 17.9. The standard InChI is InChI=1S/C24H26N6O4/c31-12-11-28-7-9-29(10-8-28)23(32)18-14-26-30(22(18)16-1-2-16)24-25-6-5-19(27-24)17-3-4-20-21(13-17)34-15-33-20/h3-6,13-14,16,31H,1-2,7-12,15H2. The second-order valence-corrected chi connectivity index (χ2v) is 8.80. The van der Waals surface area contributed by atoms with Crippen molar-refractivity contribution in [2.24, 2.45) is 0 Å². The molecule has 0 atom stereocenters. The maximum atomic E-state index is 13.4. The van der Waals surface area contributed by atoms with Crippen LogP contribution >= 0.6 is 0 Å². The van der Waals surface area contributed by atoms with Gasteiger partial charge < -0.3 is 19.5 Å². The number of carbonyl (C=O) groups is 1. The van der Waals surface area contributed by atoms with E-state index in [0.29, 0.717) is 36.9 Å². The number of aliphatic hydroxyl groups excluding tert-OH is 1. The molecule has 2 fully saturated rings. The van der Waals surface area contributed by atoms with Gasteiger partial charge >= 0.3 is 0 Å². The van der Waals surface area contributed by atoms with Crippen molar-refractivity contribution < 1.29 is 19.4 Å². The summed E-state index contributed by atoms with van der Waals surface area (Å²) in [7, 11) is 0. The van der Waals surface area contributed by atoms with Crippen LogP contribution in [0.1, 0.15) is 34.8 Å². The summed E-state index contributed by atoms with van der Waals surface area (Å²) in [5.74, 6) is 2.16. The Hall–Kier alpha value is -3.50. The van der Waals surface area contributed by atoms with Gasteiger partial charge in [-0.15, -0.1) is 0 Å². The van der Waals surface area contributed by atoms with Crippen molar-refractivity contribution in [3.63, 3.8) is 0 Å². The van der Waals surface area contributed by atoms with Gasteiger partial charge in [-0.2, -0.15) is 5.10 Å². The number of nitrogens with zero attached hydrogens (tertiary/aromatic N) is 6. The lowest BCUT2D eigenvalue weighted by molar-refractivity contribution is 0.0614. The molecule has 10 heteroatoms. The Morgan fingerprint density at radius 3 is 2.71 bits per heavy atom. The lowest BCUT2D eigenvalue weighted by Gasteiger charge is -2.34. The summed E-state index contributed by atoms with van der Waals surface area (Å²) in [5, 5.41) is 13.7. The minimum Gasteiger partial charge on any atom is -0.454 e. The molecular weight excluding hydrogens is 436 g/mol. The first kappa shape index (κ1) is 21.1. The molecule has 1 amide bonds.